The van der Waals surface area contributed by atoms with Gasteiger partial charge in [0.05, 0.1) is 50.1 Å². The minimum atomic E-state index is -0.634. The molecule has 55 heavy (non-hydrogen) atoms. The third-order valence-electron chi connectivity index (χ3n) is 10.3. The molecule has 0 atom stereocenters. The number of aromatic nitrogens is 6. The van der Waals surface area contributed by atoms with E-state index >= 15 is 0 Å². The van der Waals surface area contributed by atoms with Crippen LogP contribution >= 0.6 is 23.2 Å². The van der Waals surface area contributed by atoms with Crippen LogP contribution in [0.25, 0.3) is 11.4 Å². The molecule has 2 N–H and O–H groups in total. The van der Waals surface area contributed by atoms with Crippen molar-refractivity contribution in [1.82, 2.24) is 29.5 Å². The number of hydrogen-bond donors (Lipinski definition) is 2. The maximum Gasteiger partial charge on any atom is 0.258 e. The van der Waals surface area contributed by atoms with Crippen molar-refractivity contribution in [3.8, 4) is 11.4 Å². The lowest BCUT2D eigenvalue weighted by molar-refractivity contribution is 0.101. The molecular weight excluding hydrogens is 738 g/mol. The molecule has 4 aliphatic carbocycles. The van der Waals surface area contributed by atoms with Gasteiger partial charge in [0.15, 0.2) is 5.82 Å². The molecule has 2 amide bonds. The molecule has 4 saturated carbocycles. The van der Waals surface area contributed by atoms with Crippen LogP contribution in [0.2, 0.25) is 10.0 Å². The first-order valence-corrected chi connectivity index (χ1v) is 19.5. The van der Waals surface area contributed by atoms with Crippen LogP contribution in [0.4, 0.5) is 15.8 Å². The van der Waals surface area contributed by atoms with Crippen LogP contribution in [0.15, 0.2) is 91.5 Å². The van der Waals surface area contributed by atoms with Crippen LogP contribution < -0.4 is 10.6 Å². The molecule has 13 heteroatoms. The Hall–Kier alpha value is -5.39. The van der Waals surface area contributed by atoms with E-state index in [1.807, 2.05) is 53.2 Å². The van der Waals surface area contributed by atoms with E-state index in [4.69, 9.17) is 33.4 Å². The van der Waals surface area contributed by atoms with Crippen molar-refractivity contribution in [3.05, 3.63) is 141 Å². The highest BCUT2D eigenvalue weighted by Gasteiger charge is 2.34. The van der Waals surface area contributed by atoms with Crippen LogP contribution in [0, 0.1) is 5.82 Å². The number of hydrogen-bond acceptors (Lipinski definition) is 6. The summed E-state index contributed by atoms with van der Waals surface area (Å²) in [5.74, 6) is 0.999. The molecule has 4 heterocycles. The second-order valence-corrected chi connectivity index (χ2v) is 15.6. The molecule has 0 radical (unpaired) electrons. The van der Waals surface area contributed by atoms with Gasteiger partial charge in [-0.1, -0.05) is 23.2 Å². The van der Waals surface area contributed by atoms with Gasteiger partial charge in [0, 0.05) is 65.0 Å². The molecule has 10 nitrogen and oxygen atoms in total. The standard InChI is InChI=1S/C21H18Cl2N4O.C21H19FN4O/c22-16-10-24-11-17(23)20(16)21(28)25-14-5-7-15(8-6-14)27-19(13-3-4-13)9-18(26-27)12-1-2-12;22-18-12-23-10-9-17(18)21(27)24-15-5-7-16(8-6-15)26-20(14-3-4-14)11-19(25-26)13-1-2-13/h5-13H,1-4H2,(H,25,28);5-14H,1-4H2,(H,24,27). The molecule has 0 bridgehead atoms. The number of benzene rings is 2. The van der Waals surface area contributed by atoms with Crippen molar-refractivity contribution in [2.75, 3.05) is 10.6 Å². The van der Waals surface area contributed by atoms with Crippen LogP contribution in [-0.2, 0) is 0 Å². The predicted octanol–water partition coefficient (Wildman–Crippen LogP) is 9.99. The van der Waals surface area contributed by atoms with Gasteiger partial charge < -0.3 is 10.6 Å². The lowest BCUT2D eigenvalue weighted by atomic mass is 10.2. The Morgan fingerprint density at radius 1 is 0.600 bits per heavy atom. The second kappa shape index (κ2) is 14.7. The first-order valence-electron chi connectivity index (χ1n) is 18.7. The number of anilines is 2. The molecule has 4 aromatic heterocycles. The fourth-order valence-electron chi connectivity index (χ4n) is 6.69. The van der Waals surface area contributed by atoms with E-state index in [9.17, 15) is 14.0 Å². The van der Waals surface area contributed by atoms with Gasteiger partial charge >= 0.3 is 0 Å². The fraction of sp³-hybridized carbons (Fsp3) is 0.286. The summed E-state index contributed by atoms with van der Waals surface area (Å²) in [5.41, 5.74) is 8.46. The first-order chi connectivity index (χ1) is 26.8. The van der Waals surface area contributed by atoms with E-state index in [1.165, 1.54) is 98.8 Å². The van der Waals surface area contributed by atoms with Crippen molar-refractivity contribution in [3.63, 3.8) is 0 Å². The van der Waals surface area contributed by atoms with Gasteiger partial charge in [0.25, 0.3) is 11.8 Å². The number of nitrogens with one attached hydrogen (secondary N) is 2. The predicted molar refractivity (Wildman–Crippen MR) is 209 cm³/mol. The largest absolute Gasteiger partial charge is 0.322 e. The number of carbonyl (C=O) groups is 2. The number of rotatable bonds is 10. The van der Waals surface area contributed by atoms with Gasteiger partial charge in [0.2, 0.25) is 0 Å². The van der Waals surface area contributed by atoms with E-state index in [1.54, 1.807) is 0 Å². The van der Waals surface area contributed by atoms with E-state index in [0.717, 1.165) is 17.6 Å². The Kier molecular flexibility index (Phi) is 9.43. The molecule has 10 rings (SSSR count). The summed E-state index contributed by atoms with van der Waals surface area (Å²) in [6.45, 7) is 0. The lowest BCUT2D eigenvalue weighted by Gasteiger charge is -2.10. The number of amides is 2. The third-order valence-corrected chi connectivity index (χ3v) is 10.9. The van der Waals surface area contributed by atoms with Crippen LogP contribution in [0.3, 0.4) is 0 Å². The summed E-state index contributed by atoms with van der Waals surface area (Å²) in [7, 11) is 0. The second-order valence-electron chi connectivity index (χ2n) is 14.7. The quantitative estimate of drug-likeness (QED) is 0.143. The summed E-state index contributed by atoms with van der Waals surface area (Å²) in [6, 6.07) is 21.1. The zero-order valence-corrected chi connectivity index (χ0v) is 31.3. The number of halogens is 3. The summed E-state index contributed by atoms with van der Waals surface area (Å²) < 4.78 is 17.8. The smallest absolute Gasteiger partial charge is 0.258 e. The van der Waals surface area contributed by atoms with Crippen molar-refractivity contribution >= 4 is 46.4 Å². The Morgan fingerprint density at radius 2 is 1.05 bits per heavy atom. The van der Waals surface area contributed by atoms with Gasteiger partial charge in [-0.15, -0.1) is 0 Å². The highest BCUT2D eigenvalue weighted by Crippen LogP contribution is 2.46. The minimum absolute atomic E-state index is 0.0220. The molecule has 4 aliphatic rings. The van der Waals surface area contributed by atoms with Crippen molar-refractivity contribution in [2.24, 2.45) is 0 Å². The Balaban J connectivity index is 0.000000144. The summed E-state index contributed by atoms with van der Waals surface area (Å²) in [4.78, 5) is 32.3. The fourth-order valence-corrected chi connectivity index (χ4v) is 7.23. The van der Waals surface area contributed by atoms with Gasteiger partial charge in [-0.2, -0.15) is 10.2 Å². The molecule has 2 aromatic carbocycles. The van der Waals surface area contributed by atoms with Crippen LogP contribution in [0.1, 0.15) is 119 Å². The zero-order valence-electron chi connectivity index (χ0n) is 29.8. The number of pyridine rings is 2. The van der Waals surface area contributed by atoms with Gasteiger partial charge in [-0.05, 0) is 118 Å². The Bertz CT molecular complexity index is 2380. The summed E-state index contributed by atoms with van der Waals surface area (Å²) in [5, 5.41) is 15.7. The molecule has 0 spiro atoms. The zero-order chi connectivity index (χ0) is 37.6. The molecule has 0 saturated heterocycles. The molecule has 6 aromatic rings. The van der Waals surface area contributed by atoms with Crippen LogP contribution in [0.5, 0.6) is 0 Å². The Morgan fingerprint density at radius 3 is 1.49 bits per heavy atom. The van der Waals surface area contributed by atoms with Gasteiger partial charge in [0.1, 0.15) is 0 Å². The molecule has 0 aliphatic heterocycles. The van der Waals surface area contributed by atoms with E-state index in [-0.39, 0.29) is 27.1 Å². The maximum atomic E-state index is 13.7. The average Bonchev–Trinajstić information content (AvgIpc) is 3.98. The van der Waals surface area contributed by atoms with Crippen molar-refractivity contribution in [2.45, 2.75) is 75.0 Å². The maximum absolute atomic E-state index is 13.7. The monoisotopic (exact) mass is 774 g/mol. The third kappa shape index (κ3) is 7.90. The first kappa shape index (κ1) is 35.3. The van der Waals surface area contributed by atoms with Crippen molar-refractivity contribution < 1.29 is 14.0 Å². The minimum Gasteiger partial charge on any atom is -0.322 e. The topological polar surface area (TPSA) is 120 Å². The SMILES string of the molecule is O=C(Nc1ccc(-n2nc(C3CC3)cc2C2CC2)cc1)c1c(Cl)cncc1Cl.O=C(Nc1ccc(-n2nc(C3CC3)cc2C2CC2)cc1)c1ccncc1F. The summed E-state index contributed by atoms with van der Waals surface area (Å²) in [6.07, 6.45) is 15.1. The Labute approximate surface area is 327 Å². The molecule has 0 unspecified atom stereocenters. The highest BCUT2D eigenvalue weighted by molar-refractivity contribution is 6.40. The van der Waals surface area contributed by atoms with E-state index in [0.29, 0.717) is 35.0 Å². The van der Waals surface area contributed by atoms with Gasteiger partial charge in [-0.25, -0.2) is 13.8 Å². The highest BCUT2D eigenvalue weighted by atomic mass is 35.5. The number of nitrogens with zero attached hydrogens (tertiary/aromatic N) is 6. The van der Waals surface area contributed by atoms with E-state index in [2.05, 4.69) is 37.4 Å². The van der Waals surface area contributed by atoms with E-state index < -0.39 is 11.7 Å². The van der Waals surface area contributed by atoms with Crippen LogP contribution in [-0.4, -0.2) is 41.3 Å². The molecular formula is C42H37Cl2FN8O2. The lowest BCUT2D eigenvalue weighted by Crippen LogP contribution is -2.14. The molecule has 4 fully saturated rings. The normalized spacial score (nSPS) is 16.3. The molecule has 278 valence electrons. The van der Waals surface area contributed by atoms with Gasteiger partial charge in [-0.3, -0.25) is 19.6 Å². The number of carbonyl (C=O) groups excluding carboxylic acids is 2. The summed E-state index contributed by atoms with van der Waals surface area (Å²) >= 11 is 12.1. The average molecular weight is 776 g/mol. The van der Waals surface area contributed by atoms with Crippen molar-refractivity contribution in [1.29, 1.82) is 0 Å².